The van der Waals surface area contributed by atoms with Crippen molar-refractivity contribution in [3.8, 4) is 17.2 Å². The largest absolute Gasteiger partial charge is 0.450 e. The normalized spacial score (nSPS) is 22.4. The number of hydrogen-bond acceptors (Lipinski definition) is 8. The lowest BCUT2D eigenvalue weighted by Crippen LogP contribution is -2.57. The molecule has 1 aromatic carbocycles. The highest BCUT2D eigenvalue weighted by Crippen LogP contribution is 2.42. The number of benzene rings is 1. The third-order valence-electron chi connectivity index (χ3n) is 7.89. The van der Waals surface area contributed by atoms with Gasteiger partial charge in [-0.15, -0.1) is 0 Å². The minimum absolute atomic E-state index is 0.123. The molecule has 3 atom stereocenters. The van der Waals surface area contributed by atoms with Crippen LogP contribution in [0.4, 0.5) is 18.0 Å². The molecular formula is C27H32F3N5O6S. The lowest BCUT2D eigenvalue weighted by Gasteiger charge is -2.37. The molecule has 1 aromatic heterocycles. The molecule has 1 saturated heterocycles. The van der Waals surface area contributed by atoms with Crippen molar-refractivity contribution in [1.29, 1.82) is 5.26 Å². The quantitative estimate of drug-likeness (QED) is 0.503. The molecule has 0 spiro atoms. The molecule has 42 heavy (non-hydrogen) atoms. The van der Waals surface area contributed by atoms with Gasteiger partial charge in [0.05, 0.1) is 46.6 Å². The summed E-state index contributed by atoms with van der Waals surface area (Å²) in [4.78, 5) is 26.0. The predicted molar refractivity (Wildman–Crippen MR) is 142 cm³/mol. The average molecular weight is 612 g/mol. The standard InChI is InChI=1S/C27H32F3N5O6S/c1-4-41-25(37)35-9-7-26(16-31,8-10-35)33-24(36)20-12-19(13-22(20)40-3)42(38,39)23-6-5-17(11-21(23)27(28,29)30)18-14-32-34(2)15-18/h5-6,11,14-15,19-20,22H,4,7-10,12-13H2,1-3H3,(H,33,36)/t19-,20-,22+/m1/s1. The number of rotatable bonds is 7. The van der Waals surface area contributed by atoms with Gasteiger partial charge in [0.1, 0.15) is 5.54 Å². The number of amides is 2. The number of piperidine rings is 1. The number of alkyl halides is 3. The topological polar surface area (TPSA) is 144 Å². The Balaban J connectivity index is 1.55. The molecule has 2 heterocycles. The number of aryl methyl sites for hydroxylation is 1. The zero-order valence-corrected chi connectivity index (χ0v) is 24.2. The Hall–Kier alpha value is -3.64. The van der Waals surface area contributed by atoms with Crippen LogP contribution in [-0.4, -0.2) is 78.8 Å². The van der Waals surface area contributed by atoms with E-state index in [-0.39, 0.29) is 50.9 Å². The summed E-state index contributed by atoms with van der Waals surface area (Å²) in [7, 11) is -1.65. The molecule has 2 aromatic rings. The monoisotopic (exact) mass is 611 g/mol. The molecule has 0 bridgehead atoms. The third-order valence-corrected chi connectivity index (χ3v) is 10.1. The van der Waals surface area contributed by atoms with Crippen LogP contribution in [-0.2, 0) is 37.3 Å². The number of aromatic nitrogens is 2. The van der Waals surface area contributed by atoms with Crippen LogP contribution in [0.15, 0.2) is 35.5 Å². The summed E-state index contributed by atoms with van der Waals surface area (Å²) in [5.74, 6) is -1.65. The number of halogens is 3. The summed E-state index contributed by atoms with van der Waals surface area (Å²) in [6.07, 6.45) is -3.73. The lowest BCUT2D eigenvalue weighted by molar-refractivity contribution is -0.139. The van der Waals surface area contributed by atoms with E-state index in [1.54, 1.807) is 14.0 Å². The minimum Gasteiger partial charge on any atom is -0.450 e. The van der Waals surface area contributed by atoms with E-state index >= 15 is 0 Å². The van der Waals surface area contributed by atoms with E-state index in [0.29, 0.717) is 5.56 Å². The maximum absolute atomic E-state index is 14.1. The average Bonchev–Trinajstić information content (AvgIpc) is 3.60. The number of nitriles is 1. The van der Waals surface area contributed by atoms with Crippen LogP contribution in [0.1, 0.15) is 38.2 Å². The van der Waals surface area contributed by atoms with Crippen LogP contribution in [0.5, 0.6) is 0 Å². The molecular weight excluding hydrogens is 579 g/mol. The van der Waals surface area contributed by atoms with Crippen LogP contribution in [0, 0.1) is 17.2 Å². The first kappa shape index (κ1) is 31.3. The van der Waals surface area contributed by atoms with Gasteiger partial charge in [0.15, 0.2) is 9.84 Å². The van der Waals surface area contributed by atoms with E-state index in [1.807, 2.05) is 0 Å². The van der Waals surface area contributed by atoms with Crippen molar-refractivity contribution in [3.05, 3.63) is 36.2 Å². The smallest absolute Gasteiger partial charge is 0.417 e. The van der Waals surface area contributed by atoms with Gasteiger partial charge < -0.3 is 19.7 Å². The summed E-state index contributed by atoms with van der Waals surface area (Å²) in [6.45, 7) is 2.19. The molecule has 0 radical (unpaired) electrons. The third kappa shape index (κ3) is 6.24. The highest BCUT2D eigenvalue weighted by Gasteiger charge is 2.49. The SMILES string of the molecule is CCOC(=O)N1CCC(C#N)(NC(=O)[C@@H]2C[C@@H](S(=O)(=O)c3ccc(-c4cnn(C)c4)cc3C(F)(F)F)C[C@@H]2OC)CC1. The van der Waals surface area contributed by atoms with Crippen LogP contribution < -0.4 is 5.32 Å². The minimum atomic E-state index is -4.96. The zero-order chi connectivity index (χ0) is 30.9. The zero-order valence-electron chi connectivity index (χ0n) is 23.3. The van der Waals surface area contributed by atoms with E-state index < -0.39 is 61.3 Å². The summed E-state index contributed by atoms with van der Waals surface area (Å²) >= 11 is 0. The van der Waals surface area contributed by atoms with Gasteiger partial charge in [0.25, 0.3) is 0 Å². The first-order chi connectivity index (χ1) is 19.7. The molecule has 1 saturated carbocycles. The summed E-state index contributed by atoms with van der Waals surface area (Å²) in [5.41, 5.74) is -2.06. The Morgan fingerprint density at radius 3 is 2.45 bits per heavy atom. The number of likely N-dealkylation sites (tertiary alicyclic amines) is 1. The number of hydrogen-bond donors (Lipinski definition) is 1. The van der Waals surface area contributed by atoms with Crippen molar-refractivity contribution in [2.45, 2.75) is 60.6 Å². The number of methoxy groups -OCH3 is 1. The number of ether oxygens (including phenoxy) is 2. The molecule has 2 amide bonds. The van der Waals surface area contributed by atoms with Crippen LogP contribution in [0.3, 0.4) is 0 Å². The second-order valence-electron chi connectivity index (χ2n) is 10.5. The van der Waals surface area contributed by atoms with Crippen LogP contribution >= 0.6 is 0 Å². The van der Waals surface area contributed by atoms with Crippen molar-refractivity contribution < 1.29 is 40.7 Å². The first-order valence-corrected chi connectivity index (χ1v) is 14.9. The van der Waals surface area contributed by atoms with Gasteiger partial charge in [0, 0.05) is 51.8 Å². The number of carbonyl (C=O) groups excluding carboxylic acids is 2. The molecule has 2 fully saturated rings. The number of nitrogens with one attached hydrogen (secondary N) is 1. The Morgan fingerprint density at radius 1 is 1.21 bits per heavy atom. The molecule has 1 N–H and O–H groups in total. The van der Waals surface area contributed by atoms with Gasteiger partial charge in [-0.05, 0) is 37.5 Å². The van der Waals surface area contributed by atoms with Crippen LogP contribution in [0.25, 0.3) is 11.1 Å². The fourth-order valence-corrected chi connectivity index (χ4v) is 7.55. The van der Waals surface area contributed by atoms with Gasteiger partial charge >= 0.3 is 12.3 Å². The van der Waals surface area contributed by atoms with Gasteiger partial charge in [0.2, 0.25) is 5.91 Å². The summed E-state index contributed by atoms with van der Waals surface area (Å²) < 4.78 is 81.5. The predicted octanol–water partition coefficient (Wildman–Crippen LogP) is 3.30. The van der Waals surface area contributed by atoms with E-state index in [2.05, 4.69) is 16.5 Å². The van der Waals surface area contributed by atoms with Crippen molar-refractivity contribution in [2.75, 3.05) is 26.8 Å². The highest BCUT2D eigenvalue weighted by molar-refractivity contribution is 7.92. The van der Waals surface area contributed by atoms with E-state index in [1.165, 1.54) is 35.2 Å². The summed E-state index contributed by atoms with van der Waals surface area (Å²) in [5, 5.41) is 15.2. The van der Waals surface area contributed by atoms with Gasteiger partial charge in [-0.2, -0.15) is 23.5 Å². The molecule has 11 nitrogen and oxygen atoms in total. The van der Waals surface area contributed by atoms with Crippen molar-refractivity contribution in [2.24, 2.45) is 13.0 Å². The second-order valence-corrected chi connectivity index (χ2v) is 12.7. The Kier molecular flexibility index (Phi) is 8.89. The number of sulfone groups is 1. The molecule has 1 aliphatic heterocycles. The van der Waals surface area contributed by atoms with E-state index in [4.69, 9.17) is 9.47 Å². The maximum Gasteiger partial charge on any atom is 0.417 e. The van der Waals surface area contributed by atoms with Gasteiger partial charge in [-0.25, -0.2) is 13.2 Å². The van der Waals surface area contributed by atoms with Crippen molar-refractivity contribution in [1.82, 2.24) is 20.0 Å². The fourth-order valence-electron chi connectivity index (χ4n) is 5.55. The van der Waals surface area contributed by atoms with Crippen LogP contribution in [0.2, 0.25) is 0 Å². The molecule has 4 rings (SSSR count). The molecule has 15 heteroatoms. The number of nitrogens with zero attached hydrogens (tertiary/aromatic N) is 4. The van der Waals surface area contributed by atoms with E-state index in [9.17, 15) is 36.4 Å². The number of carbonyl (C=O) groups is 2. The fraction of sp³-hybridized carbons (Fsp3) is 0.556. The van der Waals surface area contributed by atoms with Crippen molar-refractivity contribution in [3.63, 3.8) is 0 Å². The molecule has 2 aliphatic rings. The van der Waals surface area contributed by atoms with Gasteiger partial charge in [-0.3, -0.25) is 9.48 Å². The Labute approximate surface area is 241 Å². The molecule has 228 valence electrons. The molecule has 1 aliphatic carbocycles. The molecule has 0 unspecified atom stereocenters. The summed E-state index contributed by atoms with van der Waals surface area (Å²) in [6, 6.07) is 5.13. The Bertz CT molecular complexity index is 1480. The first-order valence-electron chi connectivity index (χ1n) is 13.4. The maximum atomic E-state index is 14.1. The Morgan fingerprint density at radius 2 is 1.90 bits per heavy atom. The second kappa shape index (κ2) is 11.9. The van der Waals surface area contributed by atoms with Gasteiger partial charge in [-0.1, -0.05) is 6.07 Å². The van der Waals surface area contributed by atoms with Crippen molar-refractivity contribution >= 4 is 21.8 Å². The lowest BCUT2D eigenvalue weighted by atomic mass is 9.88. The van der Waals surface area contributed by atoms with E-state index in [0.717, 1.165) is 12.1 Å². The highest BCUT2D eigenvalue weighted by atomic mass is 32.2.